The molecule has 242 valence electrons. The first-order chi connectivity index (χ1) is 21.5. The molecule has 1 saturated heterocycles. The Bertz CT molecular complexity index is 1600. The highest BCUT2D eigenvalue weighted by molar-refractivity contribution is 8.22. The minimum Gasteiger partial charge on any atom is -0.491 e. The van der Waals surface area contributed by atoms with Crippen molar-refractivity contribution in [2.45, 2.75) is 52.6 Å². The number of hydrogen-bond acceptors (Lipinski definition) is 7. The fraction of sp³-hybridized carbons (Fsp3) is 0.486. The molecule has 1 unspecified atom stereocenters. The molecule has 8 nitrogen and oxygen atoms in total. The number of nitrogens with zero attached hydrogens (tertiary/aromatic N) is 5. The summed E-state index contributed by atoms with van der Waals surface area (Å²) in [6.07, 6.45) is 7.22. The van der Waals surface area contributed by atoms with E-state index in [9.17, 15) is 8.42 Å². The first-order valence-corrected chi connectivity index (χ1v) is 18.2. The molecular formula is C35H48N5O3S2+. The van der Waals surface area contributed by atoms with Gasteiger partial charge in [-0.05, 0) is 75.9 Å². The zero-order chi connectivity index (χ0) is 32.6. The Morgan fingerprint density at radius 1 is 1.22 bits per heavy atom. The Hall–Kier alpha value is -3.08. The Morgan fingerprint density at radius 3 is 2.73 bits per heavy atom. The number of ether oxygens (including phenoxy) is 1. The molecule has 0 amide bonds. The average Bonchev–Trinajstić information content (AvgIpc) is 3.61. The van der Waals surface area contributed by atoms with Gasteiger partial charge in [-0.25, -0.2) is 13.0 Å². The molecule has 2 aromatic rings. The maximum absolute atomic E-state index is 13.1. The monoisotopic (exact) mass is 650 g/mol. The number of likely N-dealkylation sites (tertiary alicyclic amines) is 1. The summed E-state index contributed by atoms with van der Waals surface area (Å²) in [6, 6.07) is 12.2. The molecule has 1 heterocycles. The smallest absolute Gasteiger partial charge is 0.254 e. The van der Waals surface area contributed by atoms with Crippen molar-refractivity contribution in [2.75, 3.05) is 53.1 Å². The topological polar surface area (TPSA) is 86.7 Å². The molecule has 2 aromatic carbocycles. The molecule has 1 atom stereocenters. The maximum atomic E-state index is 13.1. The molecule has 1 aliphatic carbocycles. The molecule has 0 spiro atoms. The van der Waals surface area contributed by atoms with E-state index in [-0.39, 0.29) is 11.9 Å². The molecule has 0 bridgehead atoms. The fourth-order valence-corrected chi connectivity index (χ4v) is 7.93. The minimum absolute atomic E-state index is 0.0344. The molecule has 0 N–H and O–H groups in total. The van der Waals surface area contributed by atoms with Gasteiger partial charge in [-0.3, -0.25) is 4.99 Å². The van der Waals surface area contributed by atoms with Crippen LogP contribution in [0.25, 0.3) is 4.91 Å². The van der Waals surface area contributed by atoms with Crippen LogP contribution in [0.5, 0.6) is 5.75 Å². The molecular weight excluding hydrogens is 603 g/mol. The Labute approximate surface area is 274 Å². The highest BCUT2D eigenvalue weighted by Gasteiger charge is 2.27. The van der Waals surface area contributed by atoms with E-state index in [0.717, 1.165) is 69.4 Å². The van der Waals surface area contributed by atoms with Crippen molar-refractivity contribution in [3.8, 4) is 5.75 Å². The molecule has 1 fully saturated rings. The second-order valence-electron chi connectivity index (χ2n) is 12.1. The number of sulfonamides is 1. The quantitative estimate of drug-likeness (QED) is 0.160. The molecule has 4 rings (SSSR count). The van der Waals surface area contributed by atoms with E-state index in [1.807, 2.05) is 65.3 Å². The van der Waals surface area contributed by atoms with Crippen LogP contribution in [0, 0.1) is 5.92 Å². The van der Waals surface area contributed by atoms with Crippen molar-refractivity contribution in [2.24, 2.45) is 20.3 Å². The summed E-state index contributed by atoms with van der Waals surface area (Å²) in [4.78, 5) is 12.1. The molecule has 1 aliphatic heterocycles. The van der Waals surface area contributed by atoms with E-state index in [1.54, 1.807) is 18.8 Å². The lowest BCUT2D eigenvalue weighted by atomic mass is 10.0. The number of fused-ring (bicyclic) bond motifs is 1. The Morgan fingerprint density at radius 2 is 2.02 bits per heavy atom. The van der Waals surface area contributed by atoms with Crippen LogP contribution in [0.15, 0.2) is 57.4 Å². The normalized spacial score (nSPS) is 18.2. The highest BCUT2D eigenvalue weighted by Crippen LogP contribution is 2.37. The van der Waals surface area contributed by atoms with Crippen LogP contribution in [0.1, 0.15) is 61.4 Å². The molecule has 45 heavy (non-hydrogen) atoms. The van der Waals surface area contributed by atoms with Gasteiger partial charge in [0.05, 0.1) is 17.6 Å². The second kappa shape index (κ2) is 16.0. The third-order valence-electron chi connectivity index (χ3n) is 7.82. The first kappa shape index (κ1) is 34.8. The van der Waals surface area contributed by atoms with Crippen molar-refractivity contribution < 1.29 is 17.7 Å². The van der Waals surface area contributed by atoms with Gasteiger partial charge in [-0.2, -0.15) is 4.40 Å². The molecule has 10 heteroatoms. The number of rotatable bonds is 13. The van der Waals surface area contributed by atoms with Crippen molar-refractivity contribution >= 4 is 49.9 Å². The van der Waals surface area contributed by atoms with Crippen LogP contribution in [0.3, 0.4) is 0 Å². The molecule has 0 saturated carbocycles. The summed E-state index contributed by atoms with van der Waals surface area (Å²) in [5, 5.41) is 0.882. The van der Waals surface area contributed by atoms with Gasteiger partial charge in [0.25, 0.3) is 10.0 Å². The van der Waals surface area contributed by atoms with E-state index in [2.05, 4.69) is 43.8 Å². The third kappa shape index (κ3) is 9.70. The number of hydrogen-bond donors (Lipinski definition) is 0. The fourth-order valence-electron chi connectivity index (χ4n) is 5.86. The Kier molecular flexibility index (Phi) is 12.3. The van der Waals surface area contributed by atoms with E-state index >= 15 is 0 Å². The van der Waals surface area contributed by atoms with Gasteiger partial charge in [0.2, 0.25) is 0 Å². The van der Waals surface area contributed by atoms with Gasteiger partial charge >= 0.3 is 0 Å². The third-order valence-corrected chi connectivity index (χ3v) is 10.0. The lowest BCUT2D eigenvalue weighted by Gasteiger charge is -2.16. The first-order valence-electron chi connectivity index (χ1n) is 15.8. The summed E-state index contributed by atoms with van der Waals surface area (Å²) in [5.41, 5.74) is 5.73. The minimum atomic E-state index is -3.59. The molecule has 0 radical (unpaired) electrons. The van der Waals surface area contributed by atoms with Crippen molar-refractivity contribution in [3.63, 3.8) is 0 Å². The van der Waals surface area contributed by atoms with Crippen LogP contribution < -0.4 is 4.74 Å². The summed E-state index contributed by atoms with van der Waals surface area (Å²) >= 11 is 1.55. The average molecular weight is 651 g/mol. The van der Waals surface area contributed by atoms with Crippen LogP contribution >= 0.6 is 11.8 Å². The standard InChI is InChI=1S/C35H48N5O3S2/c1-8-37-35(29-12-15-34(43-25(2)3)28(22-29)16-18-36-5)44-26(4)30-10-9-11-32-31(30)13-14-33(32)38-45(41,42)21-20-40-19-17-27(24-40)23-39(6)7/h9-12,15,18,22-23,25,27H,4,8,13-14,16-17,19-21,24H2,1-3,5-7H3/q+1. The summed E-state index contributed by atoms with van der Waals surface area (Å²) in [5.74, 6) is 1.36. The lowest BCUT2D eigenvalue weighted by Crippen LogP contribution is -2.27. The predicted molar refractivity (Wildman–Crippen MR) is 192 cm³/mol. The highest BCUT2D eigenvalue weighted by atomic mass is 32.2. The van der Waals surface area contributed by atoms with Crippen LogP contribution in [-0.4, -0.2) is 100 Å². The van der Waals surface area contributed by atoms with Gasteiger partial charge in [0.15, 0.2) is 0 Å². The van der Waals surface area contributed by atoms with Crippen LogP contribution in [0.4, 0.5) is 0 Å². The van der Waals surface area contributed by atoms with E-state index < -0.39 is 10.0 Å². The van der Waals surface area contributed by atoms with E-state index in [1.165, 1.54) is 0 Å². The van der Waals surface area contributed by atoms with Crippen molar-refractivity contribution in [3.05, 3.63) is 70.8 Å². The van der Waals surface area contributed by atoms with Gasteiger partial charge < -0.3 is 14.6 Å². The molecule has 2 aliphatic rings. The van der Waals surface area contributed by atoms with Gasteiger partial charge in [0.1, 0.15) is 31.1 Å². The number of aliphatic imine (C=N–C) groups is 2. The maximum Gasteiger partial charge on any atom is 0.254 e. The summed E-state index contributed by atoms with van der Waals surface area (Å²) in [7, 11) is 2.24. The van der Waals surface area contributed by atoms with Gasteiger partial charge in [0, 0.05) is 66.8 Å². The number of thioether (sulfide) groups is 1. The zero-order valence-electron chi connectivity index (χ0n) is 27.6. The zero-order valence-corrected chi connectivity index (χ0v) is 29.3. The van der Waals surface area contributed by atoms with Crippen molar-refractivity contribution in [1.29, 1.82) is 0 Å². The Balaban J connectivity index is 1.50. The van der Waals surface area contributed by atoms with Gasteiger partial charge in [-0.1, -0.05) is 36.5 Å². The molecule has 0 aromatic heterocycles. The summed E-state index contributed by atoms with van der Waals surface area (Å²) < 4.78 is 38.7. The SMILES string of the molecule is C=C(SC(=NCC)c1ccc(OC(C)C)c(CC=NC)c1)c1cccc2c1CCC2=NS(=O)(=O)CCN1CCC(C=[N+](C)C)C1. The number of benzene rings is 2. The lowest BCUT2D eigenvalue weighted by molar-refractivity contribution is -0.461. The van der Waals surface area contributed by atoms with E-state index in [4.69, 9.17) is 9.73 Å². The second-order valence-corrected chi connectivity index (χ2v) is 14.9. The van der Waals surface area contributed by atoms with Gasteiger partial charge in [-0.15, -0.1) is 0 Å². The van der Waals surface area contributed by atoms with E-state index in [0.29, 0.717) is 37.6 Å². The van der Waals surface area contributed by atoms with Crippen molar-refractivity contribution in [1.82, 2.24) is 4.90 Å². The summed E-state index contributed by atoms with van der Waals surface area (Å²) in [6.45, 7) is 13.5. The largest absolute Gasteiger partial charge is 0.491 e. The van der Waals surface area contributed by atoms with Crippen LogP contribution in [0.2, 0.25) is 0 Å². The predicted octanol–water partition coefficient (Wildman–Crippen LogP) is 5.62. The van der Waals surface area contributed by atoms with Crippen LogP contribution in [-0.2, 0) is 22.9 Å².